The fourth-order valence-corrected chi connectivity index (χ4v) is 3.98. The standard InChI is InChI=1S/C12H8Br2ClFS/c1-6-8(5-11(14)17-6)12(15)7-2-3-9(13)10(16)4-7/h2-5,12H,1H3. The quantitative estimate of drug-likeness (QED) is 0.540. The first kappa shape index (κ1) is 13.5. The molecule has 1 aromatic heterocycles. The van der Waals surface area contributed by atoms with Crippen molar-refractivity contribution in [2.24, 2.45) is 0 Å². The molecule has 1 unspecified atom stereocenters. The third-order valence-corrected chi connectivity index (χ3v) is 5.13. The van der Waals surface area contributed by atoms with Crippen LogP contribution in [-0.4, -0.2) is 0 Å². The largest absolute Gasteiger partial charge is 0.206 e. The van der Waals surface area contributed by atoms with E-state index in [0.29, 0.717) is 4.47 Å². The van der Waals surface area contributed by atoms with Crippen molar-refractivity contribution in [3.63, 3.8) is 0 Å². The summed E-state index contributed by atoms with van der Waals surface area (Å²) < 4.78 is 14.9. The fraction of sp³-hybridized carbons (Fsp3) is 0.167. The molecule has 0 amide bonds. The van der Waals surface area contributed by atoms with Crippen molar-refractivity contribution in [1.29, 1.82) is 0 Å². The zero-order valence-corrected chi connectivity index (χ0v) is 13.6. The van der Waals surface area contributed by atoms with Crippen molar-refractivity contribution >= 4 is 54.8 Å². The van der Waals surface area contributed by atoms with Gasteiger partial charge in [0.2, 0.25) is 0 Å². The normalized spacial score (nSPS) is 12.8. The van der Waals surface area contributed by atoms with E-state index in [0.717, 1.165) is 19.8 Å². The van der Waals surface area contributed by atoms with Crippen LogP contribution in [0.1, 0.15) is 21.4 Å². The Morgan fingerprint density at radius 3 is 2.53 bits per heavy atom. The first-order chi connectivity index (χ1) is 7.99. The lowest BCUT2D eigenvalue weighted by Gasteiger charge is -2.10. The Bertz CT molecular complexity index is 553. The summed E-state index contributed by atoms with van der Waals surface area (Å²) in [5.41, 5.74) is 1.78. The van der Waals surface area contributed by atoms with E-state index >= 15 is 0 Å². The maximum atomic E-state index is 13.4. The van der Waals surface area contributed by atoms with Crippen molar-refractivity contribution < 1.29 is 4.39 Å². The minimum Gasteiger partial charge on any atom is -0.206 e. The molecule has 0 bridgehead atoms. The fourth-order valence-electron chi connectivity index (χ4n) is 1.56. The molecule has 0 aliphatic heterocycles. The van der Waals surface area contributed by atoms with Gasteiger partial charge in [0.05, 0.1) is 13.6 Å². The summed E-state index contributed by atoms with van der Waals surface area (Å²) in [6, 6.07) is 6.96. The average molecular weight is 399 g/mol. The lowest BCUT2D eigenvalue weighted by Crippen LogP contribution is -1.94. The van der Waals surface area contributed by atoms with E-state index in [1.807, 2.05) is 19.1 Å². The molecule has 0 nitrogen and oxygen atoms in total. The van der Waals surface area contributed by atoms with Gasteiger partial charge < -0.3 is 0 Å². The number of alkyl halides is 1. The van der Waals surface area contributed by atoms with Gasteiger partial charge in [-0.05, 0) is 68.1 Å². The molecule has 0 spiro atoms. The van der Waals surface area contributed by atoms with Crippen LogP contribution < -0.4 is 0 Å². The van der Waals surface area contributed by atoms with Gasteiger partial charge in [0, 0.05) is 4.88 Å². The van der Waals surface area contributed by atoms with Crippen LogP contribution in [0.4, 0.5) is 4.39 Å². The van der Waals surface area contributed by atoms with Gasteiger partial charge in [-0.2, -0.15) is 0 Å². The molecule has 5 heteroatoms. The molecule has 0 radical (unpaired) electrons. The zero-order chi connectivity index (χ0) is 12.6. The van der Waals surface area contributed by atoms with Gasteiger partial charge in [0.15, 0.2) is 0 Å². The van der Waals surface area contributed by atoms with Crippen LogP contribution in [0.25, 0.3) is 0 Å². The third-order valence-electron chi connectivity index (χ3n) is 2.44. The van der Waals surface area contributed by atoms with Gasteiger partial charge in [-0.25, -0.2) is 4.39 Å². The summed E-state index contributed by atoms with van der Waals surface area (Å²) in [6.45, 7) is 2.01. The molecular formula is C12H8Br2ClFS. The Morgan fingerprint density at radius 2 is 2.00 bits per heavy atom. The average Bonchev–Trinajstić information content (AvgIpc) is 2.61. The van der Waals surface area contributed by atoms with Crippen LogP contribution in [0, 0.1) is 12.7 Å². The summed E-state index contributed by atoms with van der Waals surface area (Å²) in [7, 11) is 0. The molecule has 0 saturated heterocycles. The second-order valence-corrected chi connectivity index (χ2v) is 7.52. The van der Waals surface area contributed by atoms with E-state index in [4.69, 9.17) is 11.6 Å². The van der Waals surface area contributed by atoms with Gasteiger partial charge in [0.1, 0.15) is 5.82 Å². The van der Waals surface area contributed by atoms with Crippen molar-refractivity contribution in [3.05, 3.63) is 54.3 Å². The predicted octanol–water partition coefficient (Wildman–Crippen LogP) is 6.05. The molecule has 17 heavy (non-hydrogen) atoms. The van der Waals surface area contributed by atoms with Crippen LogP contribution in [0.5, 0.6) is 0 Å². The van der Waals surface area contributed by atoms with E-state index in [1.165, 1.54) is 6.07 Å². The number of hydrogen-bond donors (Lipinski definition) is 0. The first-order valence-electron chi connectivity index (χ1n) is 4.84. The van der Waals surface area contributed by atoms with Crippen LogP contribution in [0.15, 0.2) is 32.5 Å². The second-order valence-electron chi connectivity index (χ2n) is 3.60. The minimum atomic E-state index is -0.319. The Morgan fingerprint density at radius 1 is 1.29 bits per heavy atom. The number of thiophene rings is 1. The van der Waals surface area contributed by atoms with E-state index < -0.39 is 0 Å². The first-order valence-corrected chi connectivity index (χ1v) is 7.68. The summed E-state index contributed by atoms with van der Waals surface area (Å²) >= 11 is 14.6. The molecule has 1 aromatic carbocycles. The lowest BCUT2D eigenvalue weighted by atomic mass is 10.1. The smallest absolute Gasteiger partial charge is 0.137 e. The topological polar surface area (TPSA) is 0 Å². The number of hydrogen-bond acceptors (Lipinski definition) is 1. The Hall–Kier alpha value is 0.1000. The summed E-state index contributed by atoms with van der Waals surface area (Å²) in [6.07, 6.45) is 0. The number of benzene rings is 1. The van der Waals surface area contributed by atoms with Crippen molar-refractivity contribution in [1.82, 2.24) is 0 Å². The summed E-state index contributed by atoms with van der Waals surface area (Å²) in [4.78, 5) is 1.14. The molecule has 1 heterocycles. The molecular weight excluding hydrogens is 390 g/mol. The van der Waals surface area contributed by atoms with Gasteiger partial charge in [0.25, 0.3) is 0 Å². The number of halogens is 4. The molecule has 0 fully saturated rings. The van der Waals surface area contributed by atoms with Crippen LogP contribution in [0.3, 0.4) is 0 Å². The van der Waals surface area contributed by atoms with Gasteiger partial charge in [-0.3, -0.25) is 0 Å². The number of rotatable bonds is 2. The molecule has 90 valence electrons. The maximum absolute atomic E-state index is 13.4. The van der Waals surface area contributed by atoms with Crippen LogP contribution >= 0.6 is 54.8 Å². The Balaban J connectivity index is 2.40. The molecule has 0 aliphatic rings. The number of aryl methyl sites for hydroxylation is 1. The highest BCUT2D eigenvalue weighted by Gasteiger charge is 2.16. The van der Waals surface area contributed by atoms with Gasteiger partial charge in [-0.1, -0.05) is 6.07 Å². The SMILES string of the molecule is Cc1sc(Br)cc1C(Cl)c1ccc(Br)c(F)c1. The van der Waals surface area contributed by atoms with Gasteiger partial charge >= 0.3 is 0 Å². The van der Waals surface area contributed by atoms with E-state index in [-0.39, 0.29) is 11.2 Å². The zero-order valence-electron chi connectivity index (χ0n) is 8.81. The molecule has 0 aliphatic carbocycles. The van der Waals surface area contributed by atoms with Crippen LogP contribution in [0.2, 0.25) is 0 Å². The van der Waals surface area contributed by atoms with Crippen molar-refractivity contribution in [3.8, 4) is 0 Å². The third kappa shape index (κ3) is 2.92. The van der Waals surface area contributed by atoms with E-state index in [9.17, 15) is 4.39 Å². The second kappa shape index (κ2) is 5.39. The molecule has 2 aromatic rings. The molecule has 0 saturated carbocycles. The van der Waals surface area contributed by atoms with Crippen molar-refractivity contribution in [2.45, 2.75) is 12.3 Å². The monoisotopic (exact) mass is 396 g/mol. The molecule has 2 rings (SSSR count). The van der Waals surface area contributed by atoms with Crippen molar-refractivity contribution in [2.75, 3.05) is 0 Å². The van der Waals surface area contributed by atoms with Crippen LogP contribution in [-0.2, 0) is 0 Å². The minimum absolute atomic E-state index is 0.292. The molecule has 1 atom stereocenters. The lowest BCUT2D eigenvalue weighted by molar-refractivity contribution is 0.619. The maximum Gasteiger partial charge on any atom is 0.137 e. The predicted molar refractivity (Wildman–Crippen MR) is 78.6 cm³/mol. The highest BCUT2D eigenvalue weighted by atomic mass is 79.9. The van der Waals surface area contributed by atoms with E-state index in [2.05, 4.69) is 31.9 Å². The summed E-state index contributed by atoms with van der Waals surface area (Å²) in [5.74, 6) is -0.292. The Kier molecular flexibility index (Phi) is 4.29. The van der Waals surface area contributed by atoms with E-state index in [1.54, 1.807) is 17.4 Å². The Labute approximate surface area is 125 Å². The highest BCUT2D eigenvalue weighted by molar-refractivity contribution is 9.11. The van der Waals surface area contributed by atoms with Gasteiger partial charge in [-0.15, -0.1) is 22.9 Å². The summed E-state index contributed by atoms with van der Waals surface area (Å²) in [5, 5.41) is -0.319. The molecule has 0 N–H and O–H groups in total. The highest BCUT2D eigenvalue weighted by Crippen LogP contribution is 2.37.